The molecule has 0 unspecified atom stereocenters. The highest BCUT2D eigenvalue weighted by atomic mass is 16.2. The molecule has 0 aliphatic heterocycles. The standard InChI is InChI=1S/C13H24N4O/c1-4-7-9-17(6-3)13(18)12-11(14)10(8-5-2)15-16-12/h4-9,14H2,1-3H3,(H,15,16). The number of aryl methyl sites for hydroxylation is 1. The molecule has 0 saturated carbocycles. The molecule has 5 nitrogen and oxygen atoms in total. The second kappa shape index (κ2) is 7.03. The highest BCUT2D eigenvalue weighted by Crippen LogP contribution is 2.17. The number of unbranched alkanes of at least 4 members (excludes halogenated alkanes) is 1. The second-order valence-corrected chi connectivity index (χ2v) is 4.45. The van der Waals surface area contributed by atoms with E-state index in [1.165, 1.54) is 0 Å². The minimum absolute atomic E-state index is 0.0675. The van der Waals surface area contributed by atoms with Gasteiger partial charge in [0.25, 0.3) is 5.91 Å². The summed E-state index contributed by atoms with van der Waals surface area (Å²) in [6.45, 7) is 7.61. The number of H-pyrrole nitrogens is 1. The van der Waals surface area contributed by atoms with Crippen LogP contribution in [0.25, 0.3) is 0 Å². The molecule has 0 aromatic carbocycles. The van der Waals surface area contributed by atoms with Crippen LogP contribution in [0.4, 0.5) is 5.69 Å². The van der Waals surface area contributed by atoms with E-state index >= 15 is 0 Å². The van der Waals surface area contributed by atoms with Crippen molar-refractivity contribution in [2.24, 2.45) is 0 Å². The topological polar surface area (TPSA) is 75.0 Å². The number of aromatic amines is 1. The van der Waals surface area contributed by atoms with Crippen molar-refractivity contribution in [3.8, 4) is 0 Å². The summed E-state index contributed by atoms with van der Waals surface area (Å²) in [4.78, 5) is 14.1. The number of anilines is 1. The Labute approximate surface area is 109 Å². The van der Waals surface area contributed by atoms with E-state index in [0.29, 0.717) is 17.9 Å². The van der Waals surface area contributed by atoms with Gasteiger partial charge in [-0.3, -0.25) is 9.89 Å². The van der Waals surface area contributed by atoms with Gasteiger partial charge in [-0.05, 0) is 19.8 Å². The van der Waals surface area contributed by atoms with Gasteiger partial charge in [0, 0.05) is 13.1 Å². The zero-order chi connectivity index (χ0) is 13.5. The Bertz CT molecular complexity index is 386. The van der Waals surface area contributed by atoms with Gasteiger partial charge in [0.2, 0.25) is 0 Å². The van der Waals surface area contributed by atoms with Crippen molar-refractivity contribution in [3.05, 3.63) is 11.4 Å². The predicted octanol–water partition coefficient (Wildman–Crippen LogP) is 2.21. The molecule has 1 amide bonds. The van der Waals surface area contributed by atoms with E-state index in [1.807, 2.05) is 6.92 Å². The molecule has 3 N–H and O–H groups in total. The fraction of sp³-hybridized carbons (Fsp3) is 0.692. The molecule has 18 heavy (non-hydrogen) atoms. The quantitative estimate of drug-likeness (QED) is 0.781. The maximum atomic E-state index is 12.3. The summed E-state index contributed by atoms with van der Waals surface area (Å²) in [6.07, 6.45) is 3.88. The smallest absolute Gasteiger partial charge is 0.276 e. The fourth-order valence-corrected chi connectivity index (χ4v) is 1.89. The molecule has 0 atom stereocenters. The number of nitrogen functional groups attached to an aromatic ring is 1. The average molecular weight is 252 g/mol. The van der Waals surface area contributed by atoms with Crippen molar-refractivity contribution in [3.63, 3.8) is 0 Å². The van der Waals surface area contributed by atoms with Crippen LogP contribution in [0.15, 0.2) is 0 Å². The lowest BCUT2D eigenvalue weighted by atomic mass is 10.2. The number of carbonyl (C=O) groups excluding carboxylic acids is 1. The fourth-order valence-electron chi connectivity index (χ4n) is 1.89. The van der Waals surface area contributed by atoms with E-state index in [2.05, 4.69) is 24.0 Å². The number of aromatic nitrogens is 2. The summed E-state index contributed by atoms with van der Waals surface area (Å²) >= 11 is 0. The molecule has 0 aliphatic rings. The van der Waals surface area contributed by atoms with Crippen LogP contribution in [-0.2, 0) is 6.42 Å². The zero-order valence-corrected chi connectivity index (χ0v) is 11.6. The first kappa shape index (κ1) is 14.5. The largest absolute Gasteiger partial charge is 0.395 e. The molecule has 0 radical (unpaired) electrons. The lowest BCUT2D eigenvalue weighted by Gasteiger charge is -2.19. The van der Waals surface area contributed by atoms with Gasteiger partial charge in [0.05, 0.1) is 11.4 Å². The first-order valence-electron chi connectivity index (χ1n) is 6.77. The summed E-state index contributed by atoms with van der Waals surface area (Å²) in [6, 6.07) is 0. The van der Waals surface area contributed by atoms with Crippen LogP contribution in [-0.4, -0.2) is 34.1 Å². The molecule has 0 spiro atoms. The Morgan fingerprint density at radius 3 is 2.61 bits per heavy atom. The molecule has 5 heteroatoms. The Morgan fingerprint density at radius 2 is 2.06 bits per heavy atom. The van der Waals surface area contributed by atoms with Crippen molar-refractivity contribution in [2.75, 3.05) is 18.8 Å². The van der Waals surface area contributed by atoms with E-state index in [1.54, 1.807) is 4.90 Å². The molecule has 1 aromatic heterocycles. The van der Waals surface area contributed by atoms with Gasteiger partial charge in [0.1, 0.15) is 0 Å². The average Bonchev–Trinajstić information content (AvgIpc) is 2.72. The van der Waals surface area contributed by atoms with Crippen LogP contribution < -0.4 is 5.73 Å². The second-order valence-electron chi connectivity index (χ2n) is 4.45. The molecule has 0 fully saturated rings. The van der Waals surface area contributed by atoms with E-state index in [9.17, 15) is 4.79 Å². The van der Waals surface area contributed by atoms with Gasteiger partial charge in [-0.25, -0.2) is 0 Å². The number of hydrogen-bond donors (Lipinski definition) is 2. The SMILES string of the molecule is CCCCN(CC)C(=O)c1n[nH]c(CCC)c1N. The highest BCUT2D eigenvalue weighted by Gasteiger charge is 2.21. The number of amides is 1. The molecule has 102 valence electrons. The number of nitrogens with one attached hydrogen (secondary N) is 1. The number of nitrogens with zero attached hydrogens (tertiary/aromatic N) is 2. The summed E-state index contributed by atoms with van der Waals surface area (Å²) in [5, 5.41) is 6.94. The van der Waals surface area contributed by atoms with Crippen molar-refractivity contribution in [2.45, 2.75) is 46.5 Å². The predicted molar refractivity (Wildman–Crippen MR) is 73.5 cm³/mol. The maximum absolute atomic E-state index is 12.3. The van der Waals surface area contributed by atoms with Gasteiger partial charge in [-0.1, -0.05) is 26.7 Å². The minimum Gasteiger partial charge on any atom is -0.395 e. The van der Waals surface area contributed by atoms with E-state index < -0.39 is 0 Å². The zero-order valence-electron chi connectivity index (χ0n) is 11.6. The summed E-state index contributed by atoms with van der Waals surface area (Å²) in [5.74, 6) is -0.0675. The Balaban J connectivity index is 2.81. The number of hydrogen-bond acceptors (Lipinski definition) is 3. The Kier molecular flexibility index (Phi) is 5.68. The van der Waals surface area contributed by atoms with Crippen molar-refractivity contribution >= 4 is 11.6 Å². The molecule has 1 aromatic rings. The highest BCUT2D eigenvalue weighted by molar-refractivity contribution is 5.97. The van der Waals surface area contributed by atoms with Crippen molar-refractivity contribution in [1.82, 2.24) is 15.1 Å². The van der Waals surface area contributed by atoms with E-state index in [-0.39, 0.29) is 5.91 Å². The van der Waals surface area contributed by atoms with E-state index in [4.69, 9.17) is 5.73 Å². The number of rotatable bonds is 7. The van der Waals surface area contributed by atoms with Crippen LogP contribution >= 0.6 is 0 Å². The lowest BCUT2D eigenvalue weighted by Crippen LogP contribution is -2.32. The minimum atomic E-state index is -0.0675. The van der Waals surface area contributed by atoms with Gasteiger partial charge in [-0.15, -0.1) is 0 Å². The monoisotopic (exact) mass is 252 g/mol. The van der Waals surface area contributed by atoms with Crippen molar-refractivity contribution in [1.29, 1.82) is 0 Å². The normalized spacial score (nSPS) is 10.6. The molecule has 0 bridgehead atoms. The first-order valence-corrected chi connectivity index (χ1v) is 6.77. The third-order valence-electron chi connectivity index (χ3n) is 3.04. The van der Waals surface area contributed by atoms with Crippen LogP contribution in [0.2, 0.25) is 0 Å². The molecular weight excluding hydrogens is 228 g/mol. The van der Waals surface area contributed by atoms with Gasteiger partial charge >= 0.3 is 0 Å². The third kappa shape index (κ3) is 3.24. The Hall–Kier alpha value is -1.52. The summed E-state index contributed by atoms with van der Waals surface area (Å²) in [7, 11) is 0. The van der Waals surface area contributed by atoms with Crippen LogP contribution in [0.1, 0.15) is 56.2 Å². The van der Waals surface area contributed by atoms with Crippen molar-refractivity contribution < 1.29 is 4.79 Å². The summed E-state index contributed by atoms with van der Waals surface area (Å²) in [5.41, 5.74) is 7.72. The van der Waals surface area contributed by atoms with Gasteiger partial charge < -0.3 is 10.6 Å². The molecule has 1 rings (SSSR count). The Morgan fingerprint density at radius 1 is 1.33 bits per heavy atom. The molecule has 0 aliphatic carbocycles. The molecule has 1 heterocycles. The molecular formula is C13H24N4O. The molecule has 0 saturated heterocycles. The lowest BCUT2D eigenvalue weighted by molar-refractivity contribution is 0.0757. The number of carbonyl (C=O) groups is 1. The van der Waals surface area contributed by atoms with Crippen LogP contribution in [0, 0.1) is 0 Å². The third-order valence-corrected chi connectivity index (χ3v) is 3.04. The summed E-state index contributed by atoms with van der Waals surface area (Å²) < 4.78 is 0. The first-order chi connectivity index (χ1) is 8.65. The van der Waals surface area contributed by atoms with Gasteiger partial charge in [0.15, 0.2) is 5.69 Å². The van der Waals surface area contributed by atoms with Gasteiger partial charge in [-0.2, -0.15) is 5.10 Å². The maximum Gasteiger partial charge on any atom is 0.276 e. The van der Waals surface area contributed by atoms with Crippen LogP contribution in [0.5, 0.6) is 0 Å². The van der Waals surface area contributed by atoms with Crippen LogP contribution in [0.3, 0.4) is 0 Å². The van der Waals surface area contributed by atoms with E-state index in [0.717, 1.165) is 37.9 Å². The number of nitrogens with two attached hydrogens (primary N) is 1.